The number of aromatic nitrogens is 1. The molecule has 1 heterocycles. The van der Waals surface area contributed by atoms with Crippen molar-refractivity contribution < 1.29 is 22.2 Å². The zero-order chi connectivity index (χ0) is 9.42. The molecule has 1 aromatic carbocycles. The van der Waals surface area contributed by atoms with Crippen molar-refractivity contribution in [2.24, 2.45) is 0 Å². The number of nitrogens with zero attached hydrogens (tertiary/aromatic N) is 1. The third-order valence-electron chi connectivity index (χ3n) is 1.77. The van der Waals surface area contributed by atoms with E-state index in [0.717, 1.165) is 5.39 Å². The minimum atomic E-state index is 0. The van der Waals surface area contributed by atoms with Gasteiger partial charge in [-0.15, -0.1) is 0 Å². The number of pyridine rings is 1. The van der Waals surface area contributed by atoms with E-state index >= 15 is 0 Å². The second-order valence-electron chi connectivity index (χ2n) is 2.59. The van der Waals surface area contributed by atoms with E-state index in [4.69, 9.17) is 11.6 Å². The average molecular weight is 369 g/mol. The zero-order valence-electron chi connectivity index (χ0n) is 6.76. The SMILES string of the molecule is Oc1c(I)cc(Cl)c2cccnc12.[Cu+2]. The van der Waals surface area contributed by atoms with Crippen LogP contribution < -0.4 is 0 Å². The fraction of sp³-hybridized carbons (Fsp3) is 0. The van der Waals surface area contributed by atoms with Gasteiger partial charge < -0.3 is 5.11 Å². The third-order valence-corrected chi connectivity index (χ3v) is 2.90. The Kier molecular flexibility index (Phi) is 4.01. The summed E-state index contributed by atoms with van der Waals surface area (Å²) >= 11 is 8.00. The van der Waals surface area contributed by atoms with E-state index < -0.39 is 0 Å². The molecule has 1 aromatic heterocycles. The van der Waals surface area contributed by atoms with Crippen molar-refractivity contribution in [3.05, 3.63) is 33.0 Å². The van der Waals surface area contributed by atoms with Gasteiger partial charge in [-0.25, -0.2) is 0 Å². The molecule has 0 fully saturated rings. The van der Waals surface area contributed by atoms with Crippen LogP contribution in [-0.2, 0) is 17.1 Å². The largest absolute Gasteiger partial charge is 2.00 e. The maximum Gasteiger partial charge on any atom is 2.00 e. The van der Waals surface area contributed by atoms with E-state index in [1.54, 1.807) is 18.3 Å². The van der Waals surface area contributed by atoms with Crippen molar-refractivity contribution in [3.8, 4) is 5.75 Å². The molecule has 0 aliphatic heterocycles. The predicted molar refractivity (Wildman–Crippen MR) is 61.1 cm³/mol. The Balaban J connectivity index is 0.000000980. The van der Waals surface area contributed by atoms with Crippen LogP contribution >= 0.6 is 34.2 Å². The van der Waals surface area contributed by atoms with Crippen LogP contribution in [0.3, 0.4) is 0 Å². The maximum absolute atomic E-state index is 9.65. The third kappa shape index (κ3) is 1.98. The first kappa shape index (κ1) is 12.0. The number of hydrogen-bond donors (Lipinski definition) is 1. The fourth-order valence-electron chi connectivity index (χ4n) is 1.16. The molecule has 2 rings (SSSR count). The summed E-state index contributed by atoms with van der Waals surface area (Å²) in [5.41, 5.74) is 0.555. The van der Waals surface area contributed by atoms with Crippen LogP contribution in [0.25, 0.3) is 10.9 Å². The van der Waals surface area contributed by atoms with Crippen LogP contribution in [0.1, 0.15) is 0 Å². The van der Waals surface area contributed by atoms with Crippen LogP contribution in [0.2, 0.25) is 5.02 Å². The molecule has 0 amide bonds. The van der Waals surface area contributed by atoms with Crippen LogP contribution in [0.5, 0.6) is 5.75 Å². The van der Waals surface area contributed by atoms with Crippen LogP contribution in [-0.4, -0.2) is 10.1 Å². The van der Waals surface area contributed by atoms with Gasteiger partial charge in [0, 0.05) is 11.6 Å². The second kappa shape index (κ2) is 4.66. The first-order valence-corrected chi connectivity index (χ1v) is 5.07. The van der Waals surface area contributed by atoms with Gasteiger partial charge in [0.15, 0.2) is 5.75 Å². The Morgan fingerprint density at radius 2 is 2.14 bits per heavy atom. The van der Waals surface area contributed by atoms with Gasteiger partial charge in [-0.1, -0.05) is 11.6 Å². The fourth-order valence-corrected chi connectivity index (χ4v) is 2.17. The summed E-state index contributed by atoms with van der Waals surface area (Å²) in [6, 6.07) is 5.35. The minimum Gasteiger partial charge on any atom is -0.505 e. The van der Waals surface area contributed by atoms with Crippen molar-refractivity contribution in [2.45, 2.75) is 0 Å². The summed E-state index contributed by atoms with van der Waals surface area (Å²) in [6.45, 7) is 0. The van der Waals surface area contributed by atoms with Crippen molar-refractivity contribution >= 4 is 45.1 Å². The molecular weight excluding hydrogens is 364 g/mol. The normalized spacial score (nSPS) is 9.86. The number of halogens is 2. The van der Waals surface area contributed by atoms with Gasteiger partial charge in [-0.05, 0) is 40.8 Å². The van der Waals surface area contributed by atoms with Crippen molar-refractivity contribution in [3.63, 3.8) is 0 Å². The number of phenolic OH excluding ortho intramolecular Hbond substituents is 1. The smallest absolute Gasteiger partial charge is 0.505 e. The van der Waals surface area contributed by atoms with E-state index in [0.29, 0.717) is 14.1 Å². The first-order chi connectivity index (χ1) is 6.20. The van der Waals surface area contributed by atoms with Crippen molar-refractivity contribution in [2.75, 3.05) is 0 Å². The molecule has 2 nitrogen and oxygen atoms in total. The Morgan fingerprint density at radius 1 is 1.43 bits per heavy atom. The Morgan fingerprint density at radius 3 is 2.86 bits per heavy atom. The molecule has 0 unspecified atom stereocenters. The number of benzene rings is 1. The molecule has 0 saturated heterocycles. The summed E-state index contributed by atoms with van der Waals surface area (Å²) in [5, 5.41) is 11.0. The first-order valence-electron chi connectivity index (χ1n) is 3.62. The summed E-state index contributed by atoms with van der Waals surface area (Å²) in [6.07, 6.45) is 1.63. The molecule has 0 aliphatic rings. The van der Waals surface area contributed by atoms with E-state index in [9.17, 15) is 5.11 Å². The quantitative estimate of drug-likeness (QED) is 0.572. The van der Waals surface area contributed by atoms with Gasteiger partial charge in [0.2, 0.25) is 0 Å². The predicted octanol–water partition coefficient (Wildman–Crippen LogP) is 3.20. The summed E-state index contributed by atoms with van der Waals surface area (Å²) in [5.74, 6) is 0.195. The molecule has 0 atom stereocenters. The Labute approximate surface area is 110 Å². The van der Waals surface area contributed by atoms with Crippen molar-refractivity contribution in [1.29, 1.82) is 0 Å². The maximum atomic E-state index is 9.65. The van der Waals surface area contributed by atoms with Crippen LogP contribution in [0, 0.1) is 3.57 Å². The minimum absolute atomic E-state index is 0. The van der Waals surface area contributed by atoms with E-state index in [1.807, 2.05) is 28.7 Å². The van der Waals surface area contributed by atoms with E-state index in [1.165, 1.54) is 0 Å². The van der Waals surface area contributed by atoms with Crippen LogP contribution in [0.4, 0.5) is 0 Å². The monoisotopic (exact) mass is 368 g/mol. The number of hydrogen-bond acceptors (Lipinski definition) is 2. The molecule has 14 heavy (non-hydrogen) atoms. The topological polar surface area (TPSA) is 33.1 Å². The molecule has 0 bridgehead atoms. The molecule has 1 radical (unpaired) electrons. The molecule has 75 valence electrons. The Bertz CT molecular complexity index is 478. The van der Waals surface area contributed by atoms with Gasteiger partial charge in [-0.2, -0.15) is 0 Å². The summed E-state index contributed by atoms with van der Waals surface area (Å²) in [4.78, 5) is 4.06. The molecule has 5 heteroatoms. The molecule has 0 aliphatic carbocycles. The summed E-state index contributed by atoms with van der Waals surface area (Å²) < 4.78 is 0.716. The molecule has 0 saturated carbocycles. The van der Waals surface area contributed by atoms with Gasteiger partial charge >= 0.3 is 17.1 Å². The molecule has 2 aromatic rings. The molecule has 0 spiro atoms. The van der Waals surface area contributed by atoms with Gasteiger partial charge in [0.05, 0.1) is 8.59 Å². The zero-order valence-corrected chi connectivity index (χ0v) is 10.6. The van der Waals surface area contributed by atoms with E-state index in [2.05, 4.69) is 4.98 Å². The van der Waals surface area contributed by atoms with Crippen LogP contribution in [0.15, 0.2) is 24.4 Å². The van der Waals surface area contributed by atoms with Crippen molar-refractivity contribution in [1.82, 2.24) is 4.98 Å². The van der Waals surface area contributed by atoms with Gasteiger partial charge in [0.1, 0.15) is 5.52 Å². The number of fused-ring (bicyclic) bond motifs is 1. The average Bonchev–Trinajstić information content (AvgIpc) is 2.15. The van der Waals surface area contributed by atoms with E-state index in [-0.39, 0.29) is 22.8 Å². The molecular formula is C9H5ClCuINO+2. The summed E-state index contributed by atoms with van der Waals surface area (Å²) in [7, 11) is 0. The van der Waals surface area contributed by atoms with Gasteiger partial charge in [-0.3, -0.25) is 4.98 Å². The Hall–Kier alpha value is -0.0305. The number of rotatable bonds is 0. The number of phenols is 1. The van der Waals surface area contributed by atoms with Gasteiger partial charge in [0.25, 0.3) is 0 Å². The standard InChI is InChI=1S/C9H5ClINO.Cu/c10-6-4-7(11)9(13)8-5(6)2-1-3-12-8;/h1-4,13H;/q;+2. The number of aromatic hydroxyl groups is 1. The second-order valence-corrected chi connectivity index (χ2v) is 4.16. The molecule has 1 N–H and O–H groups in total.